The Labute approximate surface area is 199 Å². The van der Waals surface area contributed by atoms with Crippen molar-refractivity contribution in [2.24, 2.45) is 5.92 Å². The summed E-state index contributed by atoms with van der Waals surface area (Å²) >= 11 is 0. The van der Waals surface area contributed by atoms with Crippen molar-refractivity contribution in [1.82, 2.24) is 14.9 Å². The standard InChI is InChI=1S/C26H30FN5O2/c1-17-6-4-7-18(2)24(17)31-25(33)20-13-28-26(29-14-20)30-21-9-10-23(22(27)12-21)34-16-19-8-5-11-32(3)15-19/h4,6-7,9-10,12-14,19H,5,8,11,15-16H2,1-3H3,(H,31,33)(H,28,29,30). The number of para-hydroxylation sites is 1. The number of halogens is 1. The summed E-state index contributed by atoms with van der Waals surface area (Å²) in [4.78, 5) is 23.3. The highest BCUT2D eigenvalue weighted by molar-refractivity contribution is 6.04. The highest BCUT2D eigenvalue weighted by Crippen LogP contribution is 2.25. The minimum atomic E-state index is -0.446. The average Bonchev–Trinajstić information content (AvgIpc) is 2.81. The first-order valence-electron chi connectivity index (χ1n) is 11.5. The minimum absolute atomic E-state index is 0.234. The van der Waals surface area contributed by atoms with Gasteiger partial charge in [0.05, 0.1) is 12.2 Å². The largest absolute Gasteiger partial charge is 0.490 e. The molecular formula is C26H30FN5O2. The van der Waals surface area contributed by atoms with E-state index in [-0.39, 0.29) is 17.6 Å². The van der Waals surface area contributed by atoms with Crippen LogP contribution in [0, 0.1) is 25.6 Å². The van der Waals surface area contributed by atoms with Gasteiger partial charge >= 0.3 is 0 Å². The van der Waals surface area contributed by atoms with Crippen LogP contribution in [-0.2, 0) is 0 Å². The number of aromatic nitrogens is 2. The van der Waals surface area contributed by atoms with Crippen LogP contribution in [0.5, 0.6) is 5.75 Å². The topological polar surface area (TPSA) is 79.4 Å². The quantitative estimate of drug-likeness (QED) is 0.516. The second-order valence-electron chi connectivity index (χ2n) is 8.87. The molecular weight excluding hydrogens is 433 g/mol. The molecule has 0 bridgehead atoms. The Balaban J connectivity index is 1.34. The number of benzene rings is 2. The summed E-state index contributed by atoms with van der Waals surface area (Å²) in [5.41, 5.74) is 3.57. The van der Waals surface area contributed by atoms with E-state index in [0.29, 0.717) is 23.8 Å². The summed E-state index contributed by atoms with van der Waals surface area (Å²) in [6.07, 6.45) is 5.12. The third-order valence-electron chi connectivity index (χ3n) is 6.02. The van der Waals surface area contributed by atoms with Crippen molar-refractivity contribution in [3.05, 3.63) is 71.3 Å². The first kappa shape index (κ1) is 23.6. The summed E-state index contributed by atoms with van der Waals surface area (Å²) in [6, 6.07) is 10.5. The maximum absolute atomic E-state index is 14.6. The maximum atomic E-state index is 14.6. The van der Waals surface area contributed by atoms with Gasteiger partial charge in [0.2, 0.25) is 5.95 Å². The number of ether oxygens (including phenoxy) is 1. The average molecular weight is 464 g/mol. The number of carbonyl (C=O) groups is 1. The molecule has 3 aromatic rings. The molecule has 1 aliphatic rings. The van der Waals surface area contributed by atoms with E-state index >= 15 is 0 Å². The van der Waals surface area contributed by atoms with Gasteiger partial charge in [0.1, 0.15) is 0 Å². The number of carbonyl (C=O) groups excluding carboxylic acids is 1. The zero-order valence-electron chi connectivity index (χ0n) is 19.8. The van der Waals surface area contributed by atoms with E-state index in [2.05, 4.69) is 32.5 Å². The zero-order chi connectivity index (χ0) is 24.1. The van der Waals surface area contributed by atoms with Gasteiger partial charge in [-0.15, -0.1) is 0 Å². The van der Waals surface area contributed by atoms with Crippen molar-refractivity contribution < 1.29 is 13.9 Å². The number of rotatable bonds is 7. The van der Waals surface area contributed by atoms with Crippen LogP contribution in [-0.4, -0.2) is 47.5 Å². The molecule has 0 aliphatic carbocycles. The van der Waals surface area contributed by atoms with Gasteiger partial charge < -0.3 is 20.3 Å². The van der Waals surface area contributed by atoms with Gasteiger partial charge in [-0.2, -0.15) is 0 Å². The summed E-state index contributed by atoms with van der Waals surface area (Å²) in [5, 5.41) is 5.87. The van der Waals surface area contributed by atoms with Gasteiger partial charge in [-0.1, -0.05) is 18.2 Å². The van der Waals surface area contributed by atoms with Gasteiger partial charge in [0.15, 0.2) is 11.6 Å². The SMILES string of the molecule is Cc1cccc(C)c1NC(=O)c1cnc(Nc2ccc(OCC3CCCN(C)C3)c(F)c2)nc1. The first-order chi connectivity index (χ1) is 16.4. The van der Waals surface area contributed by atoms with Crippen LogP contribution in [0.1, 0.15) is 34.3 Å². The smallest absolute Gasteiger partial charge is 0.258 e. The lowest BCUT2D eigenvalue weighted by Gasteiger charge is -2.29. The molecule has 178 valence electrons. The lowest BCUT2D eigenvalue weighted by Crippen LogP contribution is -2.34. The van der Waals surface area contributed by atoms with Gasteiger partial charge in [-0.05, 0) is 63.5 Å². The Morgan fingerprint density at radius 2 is 1.91 bits per heavy atom. The van der Waals surface area contributed by atoms with Crippen molar-refractivity contribution in [1.29, 1.82) is 0 Å². The van der Waals surface area contributed by atoms with E-state index < -0.39 is 5.82 Å². The van der Waals surface area contributed by atoms with Crippen LogP contribution in [0.25, 0.3) is 0 Å². The molecule has 1 fully saturated rings. The fourth-order valence-electron chi connectivity index (χ4n) is 4.15. The Morgan fingerprint density at radius 1 is 1.18 bits per heavy atom. The molecule has 2 heterocycles. The number of anilines is 3. The van der Waals surface area contributed by atoms with Crippen LogP contribution < -0.4 is 15.4 Å². The van der Waals surface area contributed by atoms with Gasteiger partial charge in [0.25, 0.3) is 5.91 Å². The third-order valence-corrected chi connectivity index (χ3v) is 6.02. The van der Waals surface area contributed by atoms with Gasteiger partial charge in [-0.25, -0.2) is 14.4 Å². The predicted octanol–water partition coefficient (Wildman–Crippen LogP) is 4.95. The van der Waals surface area contributed by atoms with Crippen molar-refractivity contribution in [2.45, 2.75) is 26.7 Å². The Hall–Kier alpha value is -3.52. The molecule has 2 aromatic carbocycles. The van der Waals surface area contributed by atoms with E-state index in [9.17, 15) is 9.18 Å². The molecule has 1 aromatic heterocycles. The summed E-state index contributed by atoms with van der Waals surface area (Å²) < 4.78 is 20.3. The van der Waals surface area contributed by atoms with Crippen molar-refractivity contribution in [3.63, 3.8) is 0 Å². The van der Waals surface area contributed by atoms with Crippen molar-refractivity contribution in [3.8, 4) is 5.75 Å². The number of nitrogens with zero attached hydrogens (tertiary/aromatic N) is 3. The highest BCUT2D eigenvalue weighted by atomic mass is 19.1. The Morgan fingerprint density at radius 3 is 2.59 bits per heavy atom. The molecule has 0 radical (unpaired) electrons. The lowest BCUT2D eigenvalue weighted by atomic mass is 10.00. The molecule has 7 nitrogen and oxygen atoms in total. The van der Waals surface area contributed by atoms with Crippen molar-refractivity contribution >= 4 is 23.2 Å². The predicted molar refractivity (Wildman–Crippen MR) is 131 cm³/mol. The number of aryl methyl sites for hydroxylation is 2. The normalized spacial score (nSPS) is 16.2. The van der Waals surface area contributed by atoms with E-state index in [1.165, 1.54) is 18.5 Å². The zero-order valence-corrected chi connectivity index (χ0v) is 19.8. The first-order valence-corrected chi connectivity index (χ1v) is 11.5. The van der Waals surface area contributed by atoms with Gasteiger partial charge in [0, 0.05) is 42.3 Å². The number of amides is 1. The highest BCUT2D eigenvalue weighted by Gasteiger charge is 2.18. The Bertz CT molecular complexity index is 1130. The number of nitrogens with one attached hydrogen (secondary N) is 2. The molecule has 0 saturated carbocycles. The molecule has 1 amide bonds. The van der Waals surface area contributed by atoms with Crippen molar-refractivity contribution in [2.75, 3.05) is 37.4 Å². The monoisotopic (exact) mass is 463 g/mol. The third kappa shape index (κ3) is 5.88. The summed E-state index contributed by atoms with van der Waals surface area (Å²) in [5.74, 6) is 0.175. The fourth-order valence-corrected chi connectivity index (χ4v) is 4.15. The van der Waals surface area contributed by atoms with Crippen LogP contribution in [0.2, 0.25) is 0 Å². The molecule has 1 saturated heterocycles. The second-order valence-corrected chi connectivity index (χ2v) is 8.87. The Kier molecular flexibility index (Phi) is 7.37. The molecule has 1 aliphatic heterocycles. The second kappa shape index (κ2) is 10.6. The van der Waals surface area contributed by atoms with Crippen LogP contribution in [0.3, 0.4) is 0 Å². The van der Waals surface area contributed by atoms with Crippen LogP contribution in [0.15, 0.2) is 48.8 Å². The van der Waals surface area contributed by atoms with E-state index in [0.717, 1.165) is 42.7 Å². The minimum Gasteiger partial charge on any atom is -0.490 e. The molecule has 8 heteroatoms. The van der Waals surface area contributed by atoms with Crippen LogP contribution in [0.4, 0.5) is 21.7 Å². The van der Waals surface area contributed by atoms with E-state index in [1.807, 2.05) is 32.0 Å². The molecule has 1 unspecified atom stereocenters. The molecule has 1 atom stereocenters. The number of hydrogen-bond acceptors (Lipinski definition) is 6. The summed E-state index contributed by atoms with van der Waals surface area (Å²) in [6.45, 7) is 6.46. The number of piperidine rings is 1. The maximum Gasteiger partial charge on any atom is 0.258 e. The van der Waals surface area contributed by atoms with Crippen LogP contribution >= 0.6 is 0 Å². The fraction of sp³-hybridized carbons (Fsp3) is 0.346. The van der Waals surface area contributed by atoms with E-state index in [1.54, 1.807) is 12.1 Å². The molecule has 34 heavy (non-hydrogen) atoms. The molecule has 2 N–H and O–H groups in total. The number of hydrogen-bond donors (Lipinski definition) is 2. The summed E-state index contributed by atoms with van der Waals surface area (Å²) in [7, 11) is 2.10. The molecule has 0 spiro atoms. The lowest BCUT2D eigenvalue weighted by molar-refractivity contribution is 0.102. The van der Waals surface area contributed by atoms with E-state index in [4.69, 9.17) is 4.74 Å². The van der Waals surface area contributed by atoms with Gasteiger partial charge in [-0.3, -0.25) is 4.79 Å². The molecule has 4 rings (SSSR count). The number of likely N-dealkylation sites (tertiary alicyclic amines) is 1.